The molecule has 0 N–H and O–H groups in total. The monoisotopic (exact) mass is 385 g/mol. The van der Waals surface area contributed by atoms with Gasteiger partial charge in [0, 0.05) is 6.54 Å². The standard InChI is InChI=1S/C29H23N/c1-2-28-27-21-13-12-14-23(27)22-30(28)29(24-15-6-3-7-16-24,25-17-8-4-9-18-25)26-19-10-5-11-20-26/h1,3-21,28H,22H2/t28-/m0/s1. The normalized spacial score (nSPS) is 16.0. The van der Waals surface area contributed by atoms with Crippen molar-refractivity contribution in [1.82, 2.24) is 4.90 Å². The van der Waals surface area contributed by atoms with Gasteiger partial charge in [-0.3, -0.25) is 4.90 Å². The Morgan fingerprint density at radius 1 is 0.633 bits per heavy atom. The van der Waals surface area contributed by atoms with Gasteiger partial charge in [-0.25, -0.2) is 0 Å². The van der Waals surface area contributed by atoms with Crippen LogP contribution < -0.4 is 0 Å². The molecule has 0 radical (unpaired) electrons. The van der Waals surface area contributed by atoms with Crippen LogP contribution in [0.15, 0.2) is 115 Å². The molecule has 0 fully saturated rings. The summed E-state index contributed by atoms with van der Waals surface area (Å²) in [6, 6.07) is 40.7. The third kappa shape index (κ3) is 2.77. The Bertz CT molecular complexity index is 1080. The minimum atomic E-state index is -0.500. The maximum atomic E-state index is 6.18. The Balaban J connectivity index is 1.85. The SMILES string of the molecule is C#C[C@H]1c2ccccc2CN1C(c1ccccc1)(c1ccccc1)c1ccccc1. The third-order valence-electron chi connectivity index (χ3n) is 6.17. The molecule has 0 spiro atoms. The van der Waals surface area contributed by atoms with Crippen LogP contribution in [-0.2, 0) is 12.1 Å². The number of fused-ring (bicyclic) bond motifs is 1. The van der Waals surface area contributed by atoms with Crippen LogP contribution in [0.3, 0.4) is 0 Å². The minimum absolute atomic E-state index is 0.109. The largest absolute Gasteiger partial charge is 0.264 e. The Hall–Kier alpha value is -3.60. The number of nitrogens with zero attached hydrogens (tertiary/aromatic N) is 1. The third-order valence-corrected chi connectivity index (χ3v) is 6.17. The fourth-order valence-electron chi connectivity index (χ4n) is 4.92. The first-order chi connectivity index (χ1) is 14.9. The van der Waals surface area contributed by atoms with Crippen LogP contribution in [0.5, 0.6) is 0 Å². The van der Waals surface area contributed by atoms with E-state index >= 15 is 0 Å². The average molecular weight is 386 g/mol. The molecule has 0 saturated carbocycles. The number of terminal acetylenes is 1. The lowest BCUT2D eigenvalue weighted by molar-refractivity contribution is 0.137. The molecule has 4 aromatic rings. The first-order valence-electron chi connectivity index (χ1n) is 10.3. The van der Waals surface area contributed by atoms with Crippen molar-refractivity contribution < 1.29 is 0 Å². The van der Waals surface area contributed by atoms with E-state index in [2.05, 4.69) is 126 Å². The molecule has 0 bridgehead atoms. The Morgan fingerprint density at radius 3 is 1.53 bits per heavy atom. The van der Waals surface area contributed by atoms with E-state index in [0.29, 0.717) is 0 Å². The molecule has 1 nitrogen and oxygen atoms in total. The van der Waals surface area contributed by atoms with Gasteiger partial charge in [0.05, 0.1) is 11.6 Å². The highest BCUT2D eigenvalue weighted by Crippen LogP contribution is 2.50. The van der Waals surface area contributed by atoms with Gasteiger partial charge in [0.2, 0.25) is 0 Å². The van der Waals surface area contributed by atoms with E-state index in [-0.39, 0.29) is 6.04 Å². The zero-order valence-electron chi connectivity index (χ0n) is 16.8. The summed E-state index contributed by atoms with van der Waals surface area (Å²) in [7, 11) is 0. The van der Waals surface area contributed by atoms with E-state index in [0.717, 1.165) is 6.54 Å². The maximum Gasteiger partial charge on any atom is 0.0988 e. The molecular formula is C29H23N. The van der Waals surface area contributed by atoms with Crippen LogP contribution in [0.25, 0.3) is 0 Å². The first-order valence-corrected chi connectivity index (χ1v) is 10.3. The van der Waals surface area contributed by atoms with Gasteiger partial charge >= 0.3 is 0 Å². The molecule has 0 saturated heterocycles. The second kappa shape index (κ2) is 7.67. The molecule has 1 atom stereocenters. The lowest BCUT2D eigenvalue weighted by atomic mass is 9.75. The molecule has 0 amide bonds. The van der Waals surface area contributed by atoms with E-state index < -0.39 is 5.54 Å². The van der Waals surface area contributed by atoms with Gasteiger partial charge in [0.25, 0.3) is 0 Å². The van der Waals surface area contributed by atoms with Gasteiger partial charge in [-0.2, -0.15) is 0 Å². The highest BCUT2D eigenvalue weighted by molar-refractivity contribution is 5.53. The summed E-state index contributed by atoms with van der Waals surface area (Å²) < 4.78 is 0. The van der Waals surface area contributed by atoms with Crippen molar-refractivity contribution in [2.45, 2.75) is 18.1 Å². The summed E-state index contributed by atoms with van der Waals surface area (Å²) in [4.78, 5) is 2.48. The Morgan fingerprint density at radius 2 is 1.07 bits per heavy atom. The van der Waals surface area contributed by atoms with Crippen LogP contribution in [0.4, 0.5) is 0 Å². The number of hydrogen-bond donors (Lipinski definition) is 0. The van der Waals surface area contributed by atoms with Crippen molar-refractivity contribution in [2.24, 2.45) is 0 Å². The van der Waals surface area contributed by atoms with Gasteiger partial charge in [-0.1, -0.05) is 121 Å². The second-order valence-electron chi connectivity index (χ2n) is 7.70. The average Bonchev–Trinajstić information content (AvgIpc) is 3.20. The van der Waals surface area contributed by atoms with Gasteiger partial charge in [0.15, 0.2) is 0 Å². The lowest BCUT2D eigenvalue weighted by Gasteiger charge is -2.45. The molecular weight excluding hydrogens is 362 g/mol. The fraction of sp³-hybridized carbons (Fsp3) is 0.103. The summed E-state index contributed by atoms with van der Waals surface area (Å²) in [5.41, 5.74) is 5.68. The fourth-order valence-corrected chi connectivity index (χ4v) is 4.92. The van der Waals surface area contributed by atoms with E-state index in [1.165, 1.54) is 27.8 Å². The molecule has 4 aromatic carbocycles. The van der Waals surface area contributed by atoms with Crippen LogP contribution in [-0.4, -0.2) is 4.90 Å². The zero-order chi connectivity index (χ0) is 20.4. The summed E-state index contributed by atoms with van der Waals surface area (Å²) in [6.07, 6.45) is 6.18. The number of hydrogen-bond acceptors (Lipinski definition) is 1. The summed E-state index contributed by atoms with van der Waals surface area (Å²) in [6.45, 7) is 0.795. The predicted molar refractivity (Wildman–Crippen MR) is 123 cm³/mol. The van der Waals surface area contributed by atoms with Crippen LogP contribution in [0.1, 0.15) is 33.9 Å². The zero-order valence-corrected chi connectivity index (χ0v) is 16.8. The van der Waals surface area contributed by atoms with Crippen LogP contribution in [0.2, 0.25) is 0 Å². The van der Waals surface area contributed by atoms with Gasteiger partial charge < -0.3 is 0 Å². The number of benzene rings is 4. The van der Waals surface area contributed by atoms with Crippen molar-refractivity contribution in [3.8, 4) is 12.3 Å². The highest BCUT2D eigenvalue weighted by atomic mass is 15.2. The topological polar surface area (TPSA) is 3.24 Å². The molecule has 5 rings (SSSR count). The van der Waals surface area contributed by atoms with Crippen molar-refractivity contribution >= 4 is 0 Å². The Kier molecular flexibility index (Phi) is 4.71. The smallest absolute Gasteiger partial charge is 0.0988 e. The molecule has 30 heavy (non-hydrogen) atoms. The predicted octanol–water partition coefficient (Wildman–Crippen LogP) is 6.17. The molecule has 0 unspecified atom stereocenters. The lowest BCUT2D eigenvalue weighted by Crippen LogP contribution is -2.46. The van der Waals surface area contributed by atoms with Crippen molar-refractivity contribution in [2.75, 3.05) is 0 Å². The van der Waals surface area contributed by atoms with Gasteiger partial charge in [-0.15, -0.1) is 6.42 Å². The van der Waals surface area contributed by atoms with Gasteiger partial charge in [0.1, 0.15) is 0 Å². The molecule has 1 aliphatic heterocycles. The first kappa shape index (κ1) is 18.4. The second-order valence-corrected chi connectivity index (χ2v) is 7.70. The summed E-state index contributed by atoms with van der Waals surface area (Å²) >= 11 is 0. The molecule has 1 heteroatoms. The molecule has 144 valence electrons. The van der Waals surface area contributed by atoms with E-state index in [1.807, 2.05) is 0 Å². The van der Waals surface area contributed by atoms with Crippen LogP contribution in [0, 0.1) is 12.3 Å². The van der Waals surface area contributed by atoms with E-state index in [4.69, 9.17) is 6.42 Å². The van der Waals surface area contributed by atoms with E-state index in [9.17, 15) is 0 Å². The Labute approximate surface area is 178 Å². The van der Waals surface area contributed by atoms with Crippen molar-refractivity contribution in [3.63, 3.8) is 0 Å². The summed E-state index contributed by atoms with van der Waals surface area (Å²) in [5, 5.41) is 0. The number of rotatable bonds is 4. The molecule has 1 heterocycles. The summed E-state index contributed by atoms with van der Waals surface area (Å²) in [5.74, 6) is 3.11. The van der Waals surface area contributed by atoms with Crippen LogP contribution >= 0.6 is 0 Å². The molecule has 1 aliphatic rings. The molecule has 0 aliphatic carbocycles. The van der Waals surface area contributed by atoms with Crippen molar-refractivity contribution in [1.29, 1.82) is 0 Å². The maximum absolute atomic E-state index is 6.18. The van der Waals surface area contributed by atoms with E-state index in [1.54, 1.807) is 0 Å². The molecule has 0 aromatic heterocycles. The highest BCUT2D eigenvalue weighted by Gasteiger charge is 2.47. The quantitative estimate of drug-likeness (QED) is 0.300. The van der Waals surface area contributed by atoms with Crippen molar-refractivity contribution in [3.05, 3.63) is 143 Å². The minimum Gasteiger partial charge on any atom is -0.264 e. The van der Waals surface area contributed by atoms with Gasteiger partial charge in [-0.05, 0) is 27.8 Å².